The van der Waals surface area contributed by atoms with Crippen molar-refractivity contribution in [2.45, 2.75) is 68.3 Å². The van der Waals surface area contributed by atoms with Crippen LogP contribution < -0.4 is 4.72 Å². The predicted octanol–water partition coefficient (Wildman–Crippen LogP) is 2.67. The second-order valence-corrected chi connectivity index (χ2v) is 12.2. The first-order valence-corrected chi connectivity index (χ1v) is 14.4. The van der Waals surface area contributed by atoms with E-state index < -0.39 is 16.0 Å². The second-order valence-electron chi connectivity index (χ2n) is 10.5. The number of benzene rings is 1. The molecule has 9 nitrogen and oxygen atoms in total. The number of aromatic nitrogens is 1. The number of carboxylic acids is 1. The highest BCUT2D eigenvalue weighted by molar-refractivity contribution is 7.89. The highest BCUT2D eigenvalue weighted by Crippen LogP contribution is 2.38. The third kappa shape index (κ3) is 5.31. The number of carbonyl (C=O) groups excluding carboxylic acids is 1. The molecule has 0 spiro atoms. The molecule has 0 radical (unpaired) electrons. The summed E-state index contributed by atoms with van der Waals surface area (Å²) in [7, 11) is -1.88. The maximum Gasteiger partial charge on any atom is 0.303 e. The molecule has 1 atom stereocenters. The normalized spacial score (nSPS) is 25.2. The molecular formula is C26H35N3O6S. The average Bonchev–Trinajstić information content (AvgIpc) is 3.66. The molecule has 1 amide bonds. The molecule has 1 aromatic heterocycles. The minimum atomic E-state index is -3.75. The van der Waals surface area contributed by atoms with Crippen LogP contribution in [0.2, 0.25) is 0 Å². The third-order valence-electron chi connectivity index (χ3n) is 7.97. The molecule has 1 saturated heterocycles. The van der Waals surface area contributed by atoms with Crippen molar-refractivity contribution in [3.63, 3.8) is 0 Å². The highest BCUT2D eigenvalue weighted by atomic mass is 32.2. The lowest BCUT2D eigenvalue weighted by Crippen LogP contribution is -2.52. The molecule has 1 aromatic carbocycles. The number of aryl methyl sites for hydroxylation is 2. The second kappa shape index (κ2) is 10.1. The van der Waals surface area contributed by atoms with E-state index in [0.29, 0.717) is 57.8 Å². The van der Waals surface area contributed by atoms with Crippen LogP contribution in [-0.4, -0.2) is 66.7 Å². The topological polar surface area (TPSA) is 118 Å². The summed E-state index contributed by atoms with van der Waals surface area (Å²) in [4.78, 5) is 26.5. The molecule has 2 heterocycles. The third-order valence-corrected chi connectivity index (χ3v) is 9.49. The fraction of sp³-hybridized carbons (Fsp3) is 0.615. The summed E-state index contributed by atoms with van der Waals surface area (Å²) < 4.78 is 36.8. The largest absolute Gasteiger partial charge is 0.481 e. The van der Waals surface area contributed by atoms with Gasteiger partial charge in [-0.1, -0.05) is 0 Å². The Morgan fingerprint density at radius 3 is 2.58 bits per heavy atom. The van der Waals surface area contributed by atoms with Crippen LogP contribution in [0.3, 0.4) is 0 Å². The fourth-order valence-electron chi connectivity index (χ4n) is 5.81. The van der Waals surface area contributed by atoms with Crippen LogP contribution in [0.25, 0.3) is 10.9 Å². The number of nitrogens with zero attached hydrogens (tertiary/aromatic N) is 2. The molecule has 10 heteroatoms. The predicted molar refractivity (Wildman–Crippen MR) is 134 cm³/mol. The van der Waals surface area contributed by atoms with Gasteiger partial charge in [0.1, 0.15) is 0 Å². The standard InChI is InChI=1S/C26H35N3O6S/c1-28-15-19(6-11-25(30)31)22-14-21(9-10-23(22)28)36(33,34)27-20-7-4-18(5-8-20)26(32)29-12-13-35-16-24(29)17-2-3-17/h9-10,14-15,17-18,20,24,27H,2-8,11-13,16H2,1H3,(H,30,31)/t18?,20?,24-/m1/s1. The summed E-state index contributed by atoms with van der Waals surface area (Å²) >= 11 is 0. The van der Waals surface area contributed by atoms with Gasteiger partial charge in [-0.05, 0) is 74.6 Å². The number of ether oxygens (including phenoxy) is 1. The van der Waals surface area contributed by atoms with Crippen molar-refractivity contribution >= 4 is 32.8 Å². The van der Waals surface area contributed by atoms with Crippen LogP contribution in [0, 0.1) is 11.8 Å². The van der Waals surface area contributed by atoms with E-state index in [2.05, 4.69) is 4.72 Å². The Labute approximate surface area is 211 Å². The molecule has 0 bridgehead atoms. The van der Waals surface area contributed by atoms with Gasteiger partial charge in [-0.15, -0.1) is 0 Å². The van der Waals surface area contributed by atoms with E-state index in [-0.39, 0.29) is 35.2 Å². The maximum atomic E-state index is 13.3. The van der Waals surface area contributed by atoms with E-state index in [0.717, 1.165) is 16.5 Å². The zero-order valence-electron chi connectivity index (χ0n) is 20.7. The van der Waals surface area contributed by atoms with Gasteiger partial charge in [0, 0.05) is 49.1 Å². The summed E-state index contributed by atoms with van der Waals surface area (Å²) in [5, 5.41) is 9.80. The average molecular weight is 518 g/mol. The Bertz CT molecular complexity index is 1240. The van der Waals surface area contributed by atoms with Crippen LogP contribution in [0.15, 0.2) is 29.3 Å². The lowest BCUT2D eigenvalue weighted by Gasteiger charge is -2.39. The molecule has 196 valence electrons. The van der Waals surface area contributed by atoms with Crippen molar-refractivity contribution < 1.29 is 27.9 Å². The van der Waals surface area contributed by atoms with Gasteiger partial charge in [-0.2, -0.15) is 0 Å². The number of rotatable bonds is 8. The number of hydrogen-bond acceptors (Lipinski definition) is 5. The summed E-state index contributed by atoms with van der Waals surface area (Å²) in [5.41, 5.74) is 1.68. The number of hydrogen-bond donors (Lipinski definition) is 2. The SMILES string of the molecule is Cn1cc(CCC(=O)O)c2cc(S(=O)(=O)NC3CCC(C(=O)N4CCOC[C@@H]4C4CC4)CC3)ccc21. The number of amides is 1. The fourth-order valence-corrected chi connectivity index (χ4v) is 7.14. The first-order chi connectivity index (χ1) is 17.2. The van der Waals surface area contributed by atoms with Gasteiger partial charge in [-0.25, -0.2) is 13.1 Å². The number of aliphatic carboxylic acids is 1. The van der Waals surface area contributed by atoms with Crippen molar-refractivity contribution in [3.8, 4) is 0 Å². The Kier molecular flexibility index (Phi) is 7.11. The van der Waals surface area contributed by atoms with Gasteiger partial charge in [0.05, 0.1) is 24.2 Å². The summed E-state index contributed by atoms with van der Waals surface area (Å²) in [5.74, 6) is -0.158. The summed E-state index contributed by atoms with van der Waals surface area (Å²) in [6.07, 6.45) is 7.14. The first-order valence-electron chi connectivity index (χ1n) is 12.9. The van der Waals surface area contributed by atoms with Gasteiger partial charge in [0.15, 0.2) is 0 Å². The van der Waals surface area contributed by atoms with E-state index in [1.807, 2.05) is 22.7 Å². The van der Waals surface area contributed by atoms with Crippen molar-refractivity contribution in [2.24, 2.45) is 18.9 Å². The molecule has 2 N–H and O–H groups in total. The van der Waals surface area contributed by atoms with Gasteiger partial charge in [0.2, 0.25) is 15.9 Å². The van der Waals surface area contributed by atoms with Crippen LogP contribution in [0.4, 0.5) is 0 Å². The maximum absolute atomic E-state index is 13.3. The lowest BCUT2D eigenvalue weighted by atomic mass is 9.85. The molecule has 3 fully saturated rings. The van der Waals surface area contributed by atoms with Gasteiger partial charge < -0.3 is 19.3 Å². The number of carboxylic acid groups (broad SMARTS) is 1. The molecule has 36 heavy (non-hydrogen) atoms. The van der Waals surface area contributed by atoms with E-state index in [1.54, 1.807) is 18.2 Å². The van der Waals surface area contributed by atoms with Crippen LogP contribution in [0.1, 0.15) is 50.5 Å². The number of morpholine rings is 1. The van der Waals surface area contributed by atoms with Crippen LogP contribution in [0.5, 0.6) is 0 Å². The monoisotopic (exact) mass is 517 g/mol. The quantitative estimate of drug-likeness (QED) is 0.556. The van der Waals surface area contributed by atoms with Crippen molar-refractivity contribution in [1.29, 1.82) is 0 Å². The molecule has 3 aliphatic rings. The van der Waals surface area contributed by atoms with Crippen molar-refractivity contribution in [2.75, 3.05) is 19.8 Å². The Morgan fingerprint density at radius 2 is 1.89 bits per heavy atom. The zero-order chi connectivity index (χ0) is 25.4. The van der Waals surface area contributed by atoms with Crippen molar-refractivity contribution in [1.82, 2.24) is 14.2 Å². The first kappa shape index (κ1) is 25.2. The molecule has 2 aliphatic carbocycles. The minimum Gasteiger partial charge on any atom is -0.481 e. The smallest absolute Gasteiger partial charge is 0.303 e. The van der Waals surface area contributed by atoms with Gasteiger partial charge in [-0.3, -0.25) is 9.59 Å². The minimum absolute atomic E-state index is 0.0117. The van der Waals surface area contributed by atoms with Gasteiger partial charge in [0.25, 0.3) is 0 Å². The molecule has 2 aromatic rings. The van der Waals surface area contributed by atoms with E-state index in [9.17, 15) is 18.0 Å². The van der Waals surface area contributed by atoms with E-state index in [1.165, 1.54) is 12.8 Å². The van der Waals surface area contributed by atoms with Crippen LogP contribution in [-0.2, 0) is 37.8 Å². The molecule has 1 aliphatic heterocycles. The number of sulfonamides is 1. The zero-order valence-corrected chi connectivity index (χ0v) is 21.5. The Balaban J connectivity index is 1.23. The number of carbonyl (C=O) groups is 2. The van der Waals surface area contributed by atoms with Gasteiger partial charge >= 0.3 is 5.97 Å². The highest BCUT2D eigenvalue weighted by Gasteiger charge is 2.41. The molecule has 0 unspecified atom stereocenters. The molecule has 2 saturated carbocycles. The number of fused-ring (bicyclic) bond motifs is 1. The lowest BCUT2D eigenvalue weighted by molar-refractivity contribution is -0.146. The molecule has 5 rings (SSSR count). The summed E-state index contributed by atoms with van der Waals surface area (Å²) in [6, 6.07) is 5.00. The summed E-state index contributed by atoms with van der Waals surface area (Å²) in [6.45, 7) is 1.88. The Hall–Kier alpha value is -2.43. The van der Waals surface area contributed by atoms with E-state index in [4.69, 9.17) is 9.84 Å². The number of nitrogens with one attached hydrogen (secondary N) is 1. The Morgan fingerprint density at radius 1 is 1.14 bits per heavy atom. The molecular weight excluding hydrogens is 482 g/mol. The van der Waals surface area contributed by atoms with Crippen LogP contribution >= 0.6 is 0 Å². The van der Waals surface area contributed by atoms with Crippen molar-refractivity contribution in [3.05, 3.63) is 30.0 Å². The van der Waals surface area contributed by atoms with E-state index >= 15 is 0 Å².